The number of piperidine rings is 1. The molecular weight excluding hydrogens is 262 g/mol. The quantitative estimate of drug-likeness (QED) is 0.832. The molecule has 21 heavy (non-hydrogen) atoms. The molecule has 0 spiro atoms. The Balaban J connectivity index is 1.66. The molecule has 4 nitrogen and oxygen atoms in total. The van der Waals surface area contributed by atoms with E-state index >= 15 is 0 Å². The highest BCUT2D eigenvalue weighted by molar-refractivity contribution is 5.91. The smallest absolute Gasteiger partial charge is 0.230 e. The largest absolute Gasteiger partial charge is 0.399 e. The van der Waals surface area contributed by atoms with Gasteiger partial charge in [-0.1, -0.05) is 19.1 Å². The highest BCUT2D eigenvalue weighted by atomic mass is 16.2. The van der Waals surface area contributed by atoms with Crippen LogP contribution in [0.3, 0.4) is 0 Å². The molecule has 1 aliphatic heterocycles. The molecule has 0 radical (unpaired) electrons. The van der Waals surface area contributed by atoms with Gasteiger partial charge in [-0.3, -0.25) is 4.79 Å². The van der Waals surface area contributed by atoms with Gasteiger partial charge in [-0.25, -0.2) is 0 Å². The van der Waals surface area contributed by atoms with E-state index in [9.17, 15) is 4.79 Å². The number of nitrogens with zero attached hydrogens (tertiary/aromatic N) is 1. The first kappa shape index (κ1) is 14.4. The lowest BCUT2D eigenvalue weighted by Crippen LogP contribution is -2.50. The lowest BCUT2D eigenvalue weighted by Gasteiger charge is -2.33. The lowest BCUT2D eigenvalue weighted by molar-refractivity contribution is -0.124. The molecule has 0 bridgehead atoms. The van der Waals surface area contributed by atoms with Gasteiger partial charge in [-0.05, 0) is 56.5 Å². The van der Waals surface area contributed by atoms with Crippen LogP contribution in [0, 0.1) is 0 Å². The van der Waals surface area contributed by atoms with E-state index in [4.69, 9.17) is 5.73 Å². The third-order valence-electron chi connectivity index (χ3n) is 4.94. The molecule has 1 unspecified atom stereocenters. The number of likely N-dealkylation sites (tertiary alicyclic amines) is 1. The maximum Gasteiger partial charge on any atom is 0.230 e. The Labute approximate surface area is 126 Å². The van der Waals surface area contributed by atoms with E-state index in [0.29, 0.717) is 6.04 Å². The number of nitrogens with one attached hydrogen (secondary N) is 1. The number of carbonyl (C=O) groups excluding carboxylic acids is 1. The number of nitrogens with two attached hydrogens (primary N) is 1. The molecule has 1 aromatic carbocycles. The van der Waals surface area contributed by atoms with Crippen LogP contribution < -0.4 is 11.1 Å². The van der Waals surface area contributed by atoms with Crippen LogP contribution >= 0.6 is 0 Å². The second-order valence-electron chi connectivity index (χ2n) is 6.41. The van der Waals surface area contributed by atoms with E-state index in [1.165, 1.54) is 6.42 Å². The van der Waals surface area contributed by atoms with E-state index < -0.39 is 0 Å². The zero-order valence-corrected chi connectivity index (χ0v) is 12.8. The van der Waals surface area contributed by atoms with Crippen molar-refractivity contribution >= 4 is 11.6 Å². The molecule has 3 rings (SSSR count). The molecule has 0 aromatic heterocycles. The van der Waals surface area contributed by atoms with E-state index in [-0.39, 0.29) is 11.3 Å². The van der Waals surface area contributed by atoms with E-state index in [0.717, 1.165) is 50.1 Å². The predicted molar refractivity (Wildman–Crippen MR) is 85.0 cm³/mol. The van der Waals surface area contributed by atoms with Gasteiger partial charge in [0.05, 0.1) is 5.41 Å². The molecule has 1 aliphatic carbocycles. The average Bonchev–Trinajstić information content (AvgIpc) is 3.30. The summed E-state index contributed by atoms with van der Waals surface area (Å²) in [6.07, 6.45) is 4.17. The van der Waals surface area contributed by atoms with E-state index in [1.54, 1.807) is 0 Å². The Bertz CT molecular complexity index is 507. The molecular formula is C17H25N3O. The molecule has 1 saturated heterocycles. The number of amides is 1. The first-order valence-electron chi connectivity index (χ1n) is 8.03. The van der Waals surface area contributed by atoms with Crippen LogP contribution in [-0.2, 0) is 10.2 Å². The highest BCUT2D eigenvalue weighted by Crippen LogP contribution is 2.48. The zero-order chi connectivity index (χ0) is 14.9. The molecule has 4 heteroatoms. The summed E-state index contributed by atoms with van der Waals surface area (Å²) < 4.78 is 0. The second-order valence-corrected chi connectivity index (χ2v) is 6.41. The van der Waals surface area contributed by atoms with Crippen LogP contribution in [0.5, 0.6) is 0 Å². The van der Waals surface area contributed by atoms with Gasteiger partial charge in [0.25, 0.3) is 0 Å². The van der Waals surface area contributed by atoms with Crippen molar-refractivity contribution in [2.75, 3.05) is 25.4 Å². The van der Waals surface area contributed by atoms with Crippen LogP contribution in [-0.4, -0.2) is 36.5 Å². The van der Waals surface area contributed by atoms with Crippen molar-refractivity contribution in [3.05, 3.63) is 29.8 Å². The van der Waals surface area contributed by atoms with Crippen LogP contribution in [0.15, 0.2) is 24.3 Å². The van der Waals surface area contributed by atoms with Crippen LogP contribution in [0.2, 0.25) is 0 Å². The van der Waals surface area contributed by atoms with Gasteiger partial charge in [0.2, 0.25) is 5.91 Å². The Kier molecular flexibility index (Phi) is 3.89. The zero-order valence-electron chi connectivity index (χ0n) is 12.8. The number of anilines is 1. The number of carbonyl (C=O) groups is 1. The molecule has 1 atom stereocenters. The van der Waals surface area contributed by atoms with Gasteiger partial charge in [-0.2, -0.15) is 0 Å². The molecule has 1 aromatic rings. The minimum Gasteiger partial charge on any atom is -0.399 e. The molecule has 114 valence electrons. The highest BCUT2D eigenvalue weighted by Gasteiger charge is 2.51. The van der Waals surface area contributed by atoms with Crippen molar-refractivity contribution in [3.63, 3.8) is 0 Å². The summed E-state index contributed by atoms with van der Waals surface area (Å²) in [5.74, 6) is 0.204. The third kappa shape index (κ3) is 2.91. The van der Waals surface area contributed by atoms with Gasteiger partial charge in [0, 0.05) is 18.3 Å². The van der Waals surface area contributed by atoms with Crippen molar-refractivity contribution in [2.24, 2.45) is 0 Å². The Hall–Kier alpha value is -1.55. The van der Waals surface area contributed by atoms with Crippen LogP contribution in [0.25, 0.3) is 0 Å². The Morgan fingerprint density at radius 2 is 2.10 bits per heavy atom. The van der Waals surface area contributed by atoms with Crippen molar-refractivity contribution in [1.29, 1.82) is 0 Å². The summed E-state index contributed by atoms with van der Waals surface area (Å²) in [6, 6.07) is 8.09. The molecule has 1 saturated carbocycles. The molecule has 1 amide bonds. The number of benzene rings is 1. The summed E-state index contributed by atoms with van der Waals surface area (Å²) >= 11 is 0. The maximum absolute atomic E-state index is 12.7. The Morgan fingerprint density at radius 3 is 2.71 bits per heavy atom. The fourth-order valence-corrected chi connectivity index (χ4v) is 3.36. The minimum atomic E-state index is -0.289. The summed E-state index contributed by atoms with van der Waals surface area (Å²) in [5, 5.41) is 3.29. The number of nitrogen functional groups attached to an aromatic ring is 1. The van der Waals surface area contributed by atoms with Crippen LogP contribution in [0.4, 0.5) is 5.69 Å². The fraction of sp³-hybridized carbons (Fsp3) is 0.588. The van der Waals surface area contributed by atoms with Crippen molar-refractivity contribution in [2.45, 2.75) is 44.1 Å². The Morgan fingerprint density at radius 1 is 1.38 bits per heavy atom. The van der Waals surface area contributed by atoms with Crippen molar-refractivity contribution in [1.82, 2.24) is 10.2 Å². The summed E-state index contributed by atoms with van der Waals surface area (Å²) in [5.41, 5.74) is 7.31. The van der Waals surface area contributed by atoms with E-state index in [1.807, 2.05) is 24.3 Å². The number of hydrogen-bond donors (Lipinski definition) is 2. The van der Waals surface area contributed by atoms with Crippen molar-refractivity contribution in [3.8, 4) is 0 Å². The fourth-order valence-electron chi connectivity index (χ4n) is 3.36. The van der Waals surface area contributed by atoms with Gasteiger partial charge < -0.3 is 16.0 Å². The normalized spacial score (nSPS) is 24.5. The van der Waals surface area contributed by atoms with Gasteiger partial charge >= 0.3 is 0 Å². The first-order valence-corrected chi connectivity index (χ1v) is 8.03. The SMILES string of the molecule is CCN1CCCC(NC(=O)C2(c3ccc(N)cc3)CC2)C1. The summed E-state index contributed by atoms with van der Waals surface area (Å²) in [6.45, 7) is 5.39. The lowest BCUT2D eigenvalue weighted by atomic mass is 9.93. The monoisotopic (exact) mass is 287 g/mol. The standard InChI is InChI=1S/C17H25N3O/c1-2-20-11-3-4-15(12-20)19-16(21)17(9-10-17)13-5-7-14(18)8-6-13/h5-8,15H,2-4,9-12,18H2,1H3,(H,19,21). The molecule has 2 aliphatic rings. The number of rotatable bonds is 4. The molecule has 3 N–H and O–H groups in total. The van der Waals surface area contributed by atoms with Gasteiger partial charge in [0.15, 0.2) is 0 Å². The predicted octanol–water partition coefficient (Wildman–Crippen LogP) is 1.90. The first-order chi connectivity index (χ1) is 10.1. The number of likely N-dealkylation sites (N-methyl/N-ethyl adjacent to an activating group) is 1. The molecule has 1 heterocycles. The maximum atomic E-state index is 12.7. The topological polar surface area (TPSA) is 58.4 Å². The van der Waals surface area contributed by atoms with Gasteiger partial charge in [0.1, 0.15) is 0 Å². The van der Waals surface area contributed by atoms with Crippen molar-refractivity contribution < 1.29 is 4.79 Å². The average molecular weight is 287 g/mol. The second kappa shape index (κ2) is 5.68. The van der Waals surface area contributed by atoms with Gasteiger partial charge in [-0.15, -0.1) is 0 Å². The summed E-state index contributed by atoms with van der Waals surface area (Å²) in [7, 11) is 0. The minimum absolute atomic E-state index is 0.204. The third-order valence-corrected chi connectivity index (χ3v) is 4.94. The molecule has 2 fully saturated rings. The van der Waals surface area contributed by atoms with Crippen LogP contribution in [0.1, 0.15) is 38.2 Å². The number of hydrogen-bond acceptors (Lipinski definition) is 3. The van der Waals surface area contributed by atoms with E-state index in [2.05, 4.69) is 17.1 Å². The summed E-state index contributed by atoms with van der Waals surface area (Å²) in [4.78, 5) is 15.1.